The Balaban J connectivity index is 1.42. The lowest BCUT2D eigenvalue weighted by Crippen LogP contribution is -2.31. The maximum Gasteiger partial charge on any atom is 0.298 e. The number of hydrogen-bond donors (Lipinski definition) is 2. The zero-order valence-corrected chi connectivity index (χ0v) is 14.6. The summed E-state index contributed by atoms with van der Waals surface area (Å²) in [6, 6.07) is 5.06. The molecule has 26 heavy (non-hydrogen) atoms. The first-order chi connectivity index (χ1) is 12.5. The van der Waals surface area contributed by atoms with Crippen molar-refractivity contribution in [3.8, 4) is 0 Å². The number of aryl methyl sites for hydroxylation is 1. The molecule has 2 unspecified atom stereocenters. The predicted octanol–water partition coefficient (Wildman–Crippen LogP) is 2.64. The summed E-state index contributed by atoms with van der Waals surface area (Å²) in [5.41, 5.74) is 2.40. The van der Waals surface area contributed by atoms with E-state index in [-0.39, 0.29) is 23.7 Å². The first kappa shape index (κ1) is 16.6. The minimum atomic E-state index is -0.343. The van der Waals surface area contributed by atoms with Crippen LogP contribution in [0.25, 0.3) is 11.1 Å². The van der Waals surface area contributed by atoms with Crippen molar-refractivity contribution in [2.24, 2.45) is 5.92 Å². The molecule has 2 aromatic heterocycles. The number of oxazole rings is 1. The number of aromatic amines is 1. The number of nitrogens with zero attached hydrogens (tertiary/aromatic N) is 3. The van der Waals surface area contributed by atoms with Gasteiger partial charge in [-0.05, 0) is 38.3 Å². The van der Waals surface area contributed by atoms with Gasteiger partial charge in [-0.1, -0.05) is 0 Å². The maximum atomic E-state index is 13.3. The molecule has 1 aromatic carbocycles. The summed E-state index contributed by atoms with van der Waals surface area (Å²) in [5.74, 6) is -0.183. The molecular formula is C18H20FN5O2. The molecule has 3 heterocycles. The summed E-state index contributed by atoms with van der Waals surface area (Å²) < 4.78 is 19.1. The molecule has 2 N–H and O–H groups in total. The van der Waals surface area contributed by atoms with Gasteiger partial charge >= 0.3 is 0 Å². The Hall–Kier alpha value is -2.90. The monoisotopic (exact) mass is 357 g/mol. The van der Waals surface area contributed by atoms with E-state index in [1.54, 1.807) is 6.07 Å². The molecule has 0 aliphatic carbocycles. The molecular weight excluding hydrogens is 337 g/mol. The average molecular weight is 357 g/mol. The molecule has 1 amide bonds. The van der Waals surface area contributed by atoms with E-state index in [1.165, 1.54) is 18.3 Å². The zero-order valence-electron chi connectivity index (χ0n) is 14.6. The van der Waals surface area contributed by atoms with E-state index >= 15 is 0 Å². The third kappa shape index (κ3) is 3.02. The topological polar surface area (TPSA) is 87.0 Å². The Morgan fingerprint density at radius 2 is 2.35 bits per heavy atom. The van der Waals surface area contributed by atoms with Gasteiger partial charge in [0.1, 0.15) is 11.3 Å². The summed E-state index contributed by atoms with van der Waals surface area (Å²) >= 11 is 0. The van der Waals surface area contributed by atoms with Gasteiger partial charge in [-0.25, -0.2) is 4.39 Å². The van der Waals surface area contributed by atoms with Crippen molar-refractivity contribution < 1.29 is 13.6 Å². The lowest BCUT2D eigenvalue weighted by atomic mass is 10.1. The van der Waals surface area contributed by atoms with Crippen LogP contribution in [0, 0.1) is 18.7 Å². The van der Waals surface area contributed by atoms with Crippen LogP contribution in [0.3, 0.4) is 0 Å². The largest absolute Gasteiger partial charge is 0.423 e. The van der Waals surface area contributed by atoms with Gasteiger partial charge in [0.25, 0.3) is 11.9 Å². The Morgan fingerprint density at radius 1 is 1.50 bits per heavy atom. The fraction of sp³-hybridized carbons (Fsp3) is 0.389. The first-order valence-electron chi connectivity index (χ1n) is 8.62. The van der Waals surface area contributed by atoms with Crippen LogP contribution in [0.4, 0.5) is 10.4 Å². The number of carbonyl (C=O) groups excluding carboxylic acids is 1. The smallest absolute Gasteiger partial charge is 0.298 e. The van der Waals surface area contributed by atoms with Gasteiger partial charge in [0.05, 0.1) is 11.8 Å². The molecule has 1 aliphatic heterocycles. The van der Waals surface area contributed by atoms with Gasteiger partial charge in [-0.3, -0.25) is 9.89 Å². The van der Waals surface area contributed by atoms with Crippen LogP contribution in [0.2, 0.25) is 0 Å². The number of hydrogen-bond acceptors (Lipinski definition) is 5. The third-order valence-corrected chi connectivity index (χ3v) is 4.87. The number of rotatable bonds is 4. The number of halogens is 1. The van der Waals surface area contributed by atoms with Crippen molar-refractivity contribution in [1.82, 2.24) is 20.5 Å². The standard InChI is InChI=1S/C18H20FN5O2/c1-10-5-12(7-20-17(25)14-8-21-23-11(14)2)9-24(10)18-22-15-4-3-13(19)6-16(15)26-18/h3-4,6,8,10,12H,5,7,9H2,1-2H3,(H,20,25)(H,21,23). The van der Waals surface area contributed by atoms with E-state index < -0.39 is 0 Å². The molecule has 136 valence electrons. The predicted molar refractivity (Wildman–Crippen MR) is 94.5 cm³/mol. The first-order valence-corrected chi connectivity index (χ1v) is 8.62. The van der Waals surface area contributed by atoms with Gasteiger partial charge in [0.15, 0.2) is 5.58 Å². The summed E-state index contributed by atoms with van der Waals surface area (Å²) in [7, 11) is 0. The van der Waals surface area contributed by atoms with Crippen LogP contribution >= 0.6 is 0 Å². The quantitative estimate of drug-likeness (QED) is 0.750. The van der Waals surface area contributed by atoms with Gasteiger partial charge in [-0.15, -0.1) is 0 Å². The Labute approximate surface area is 149 Å². The van der Waals surface area contributed by atoms with Gasteiger partial charge in [0, 0.05) is 30.9 Å². The second kappa shape index (κ2) is 6.44. The molecule has 1 saturated heterocycles. The normalized spacial score (nSPS) is 20.0. The van der Waals surface area contributed by atoms with E-state index in [1.807, 2.05) is 6.92 Å². The van der Waals surface area contributed by atoms with Crippen molar-refractivity contribution >= 4 is 23.0 Å². The zero-order chi connectivity index (χ0) is 18.3. The van der Waals surface area contributed by atoms with Gasteiger partial charge in [-0.2, -0.15) is 10.1 Å². The molecule has 7 nitrogen and oxygen atoms in total. The SMILES string of the molecule is Cc1[nH]ncc1C(=O)NCC1CC(C)N(c2nc3ccc(F)cc3o2)C1. The van der Waals surface area contributed by atoms with Crippen molar-refractivity contribution in [2.45, 2.75) is 26.3 Å². The summed E-state index contributed by atoms with van der Waals surface area (Å²) in [6.45, 7) is 5.20. The minimum absolute atomic E-state index is 0.125. The van der Waals surface area contributed by atoms with E-state index in [0.717, 1.165) is 18.7 Å². The molecule has 0 radical (unpaired) electrons. The van der Waals surface area contributed by atoms with Crippen LogP contribution in [-0.2, 0) is 0 Å². The third-order valence-electron chi connectivity index (χ3n) is 4.87. The number of fused-ring (bicyclic) bond motifs is 1. The molecule has 4 rings (SSSR count). The number of nitrogens with one attached hydrogen (secondary N) is 2. The maximum absolute atomic E-state index is 13.3. The fourth-order valence-corrected chi connectivity index (χ4v) is 3.48. The molecule has 1 fully saturated rings. The number of amides is 1. The highest BCUT2D eigenvalue weighted by molar-refractivity contribution is 5.94. The number of benzene rings is 1. The van der Waals surface area contributed by atoms with Crippen LogP contribution in [0.5, 0.6) is 0 Å². The Bertz CT molecular complexity index is 950. The number of carbonyl (C=O) groups is 1. The highest BCUT2D eigenvalue weighted by atomic mass is 19.1. The molecule has 1 aliphatic rings. The van der Waals surface area contributed by atoms with Crippen molar-refractivity contribution in [3.63, 3.8) is 0 Å². The lowest BCUT2D eigenvalue weighted by molar-refractivity contribution is 0.0947. The van der Waals surface area contributed by atoms with E-state index in [4.69, 9.17) is 4.42 Å². The van der Waals surface area contributed by atoms with Crippen LogP contribution < -0.4 is 10.2 Å². The number of anilines is 1. The van der Waals surface area contributed by atoms with Crippen molar-refractivity contribution in [1.29, 1.82) is 0 Å². The van der Waals surface area contributed by atoms with Crippen molar-refractivity contribution in [3.05, 3.63) is 41.5 Å². The van der Waals surface area contributed by atoms with Crippen LogP contribution in [0.15, 0.2) is 28.8 Å². The second-order valence-electron chi connectivity index (χ2n) is 6.83. The van der Waals surface area contributed by atoms with Crippen LogP contribution in [0.1, 0.15) is 29.4 Å². The average Bonchev–Trinajstić information content (AvgIpc) is 3.30. The molecule has 0 bridgehead atoms. The minimum Gasteiger partial charge on any atom is -0.423 e. The molecule has 0 spiro atoms. The lowest BCUT2D eigenvalue weighted by Gasteiger charge is -2.18. The van der Waals surface area contributed by atoms with E-state index in [2.05, 4.69) is 32.3 Å². The van der Waals surface area contributed by atoms with Crippen LogP contribution in [-0.4, -0.2) is 40.2 Å². The summed E-state index contributed by atoms with van der Waals surface area (Å²) in [6.07, 6.45) is 2.45. The molecule has 0 saturated carbocycles. The number of aromatic nitrogens is 3. The van der Waals surface area contributed by atoms with Gasteiger partial charge in [0.2, 0.25) is 0 Å². The Morgan fingerprint density at radius 3 is 3.12 bits per heavy atom. The summed E-state index contributed by atoms with van der Waals surface area (Å²) in [5, 5.41) is 9.60. The highest BCUT2D eigenvalue weighted by Gasteiger charge is 2.32. The number of H-pyrrole nitrogens is 1. The van der Waals surface area contributed by atoms with Crippen molar-refractivity contribution in [2.75, 3.05) is 18.0 Å². The second-order valence-corrected chi connectivity index (χ2v) is 6.83. The molecule has 8 heteroatoms. The van der Waals surface area contributed by atoms with E-state index in [0.29, 0.717) is 29.2 Å². The Kier molecular flexibility index (Phi) is 4.10. The highest BCUT2D eigenvalue weighted by Crippen LogP contribution is 2.30. The summed E-state index contributed by atoms with van der Waals surface area (Å²) in [4.78, 5) is 18.7. The van der Waals surface area contributed by atoms with Gasteiger partial charge < -0.3 is 14.6 Å². The van der Waals surface area contributed by atoms with E-state index in [9.17, 15) is 9.18 Å². The fourth-order valence-electron chi connectivity index (χ4n) is 3.48. The molecule has 2 atom stereocenters. The molecule has 3 aromatic rings.